The molecular weight excluding hydrogens is 483 g/mol. The van der Waals surface area contributed by atoms with Gasteiger partial charge >= 0.3 is 0 Å². The molecule has 4 nitrogen and oxygen atoms in total. The molecule has 5 heteroatoms. The maximum atomic E-state index is 12.4. The van der Waals surface area contributed by atoms with Crippen molar-refractivity contribution >= 4 is 22.3 Å². The van der Waals surface area contributed by atoms with Crippen molar-refractivity contribution in [2.24, 2.45) is 0 Å². The number of aliphatic hydroxyl groups excluding tert-OH is 1. The van der Waals surface area contributed by atoms with Crippen molar-refractivity contribution in [1.82, 2.24) is 0 Å². The summed E-state index contributed by atoms with van der Waals surface area (Å²) in [5, 5.41) is 11.2. The summed E-state index contributed by atoms with van der Waals surface area (Å²) < 4.78 is 6.17. The Bertz CT molecular complexity index is 1240. The second-order valence-corrected chi connectivity index (χ2v) is 7.67. The van der Waals surface area contributed by atoms with E-state index in [4.69, 9.17) is 9.84 Å². The van der Waals surface area contributed by atoms with Gasteiger partial charge in [-0.2, -0.15) is 0 Å². The maximum Gasteiger partial charge on any atom is 0.182 e. The molecule has 0 heterocycles. The van der Waals surface area contributed by atoms with Crippen LogP contribution >= 0.6 is 0 Å². The van der Waals surface area contributed by atoms with Crippen molar-refractivity contribution in [3.05, 3.63) is 95.1 Å². The number of ether oxygens (including phenoxy) is 1. The minimum absolute atomic E-state index is 0. The first kappa shape index (κ1) is 21.4. The van der Waals surface area contributed by atoms with Crippen molar-refractivity contribution in [3.63, 3.8) is 0 Å². The number of carbonyl (C=O) groups is 2. The van der Waals surface area contributed by atoms with Crippen molar-refractivity contribution in [1.29, 1.82) is 0 Å². The summed E-state index contributed by atoms with van der Waals surface area (Å²) in [6, 6.07) is 17.8. The van der Waals surface area contributed by atoms with Crippen LogP contribution in [-0.2, 0) is 42.9 Å². The van der Waals surface area contributed by atoms with Gasteiger partial charge < -0.3 is 9.84 Å². The van der Waals surface area contributed by atoms with E-state index in [0.717, 1.165) is 39.0 Å². The van der Waals surface area contributed by atoms with E-state index in [1.807, 2.05) is 54.6 Å². The zero-order chi connectivity index (χ0) is 20.7. The van der Waals surface area contributed by atoms with E-state index in [9.17, 15) is 9.59 Å². The van der Waals surface area contributed by atoms with E-state index in [-0.39, 0.29) is 44.5 Å². The fraction of sp³-hybridized carbons (Fsp3) is 0.154. The van der Waals surface area contributed by atoms with Gasteiger partial charge in [-0.3, -0.25) is 9.59 Å². The molecule has 1 unspecified atom stereocenters. The van der Waals surface area contributed by atoms with Crippen LogP contribution < -0.4 is 4.74 Å². The van der Waals surface area contributed by atoms with Gasteiger partial charge in [0.1, 0.15) is 11.5 Å². The average Bonchev–Trinajstić information content (AvgIpc) is 3.13. The van der Waals surface area contributed by atoms with Crippen LogP contribution in [0.3, 0.4) is 0 Å². The Morgan fingerprint density at radius 1 is 0.968 bits per heavy atom. The van der Waals surface area contributed by atoms with E-state index < -0.39 is 0 Å². The predicted molar refractivity (Wildman–Crippen MR) is 115 cm³/mol. The summed E-state index contributed by atoms with van der Waals surface area (Å²) in [4.78, 5) is 24.3. The zero-order valence-corrected chi connectivity index (χ0v) is 18.2. The van der Waals surface area contributed by atoms with Gasteiger partial charge in [-0.1, -0.05) is 36.4 Å². The molecule has 0 saturated heterocycles. The van der Waals surface area contributed by atoms with Crippen LogP contribution in [0.2, 0.25) is 0 Å². The molecule has 0 aromatic heterocycles. The van der Waals surface area contributed by atoms with E-state index in [1.54, 1.807) is 0 Å². The SMILES string of the molecule is O=C1C=CC(=O)C(C2Cc3ccc(Oc4ccc(CCO)cc4)c4cccc2c34)=C1.[Pd]. The van der Waals surface area contributed by atoms with Crippen LogP contribution in [0.4, 0.5) is 0 Å². The molecule has 0 fully saturated rings. The van der Waals surface area contributed by atoms with Gasteiger partial charge in [-0.25, -0.2) is 0 Å². The van der Waals surface area contributed by atoms with Gasteiger partial charge in [0.05, 0.1) is 0 Å². The first-order valence-electron chi connectivity index (χ1n) is 10.0. The zero-order valence-electron chi connectivity index (χ0n) is 16.6. The quantitative estimate of drug-likeness (QED) is 0.414. The van der Waals surface area contributed by atoms with E-state index in [2.05, 4.69) is 0 Å². The molecule has 0 bridgehead atoms. The second kappa shape index (κ2) is 8.72. The maximum absolute atomic E-state index is 12.4. The molecule has 5 rings (SSSR count). The topological polar surface area (TPSA) is 63.6 Å². The van der Waals surface area contributed by atoms with Crippen LogP contribution in [-0.4, -0.2) is 23.3 Å². The van der Waals surface area contributed by atoms with Crippen molar-refractivity contribution < 1.29 is 39.9 Å². The van der Waals surface area contributed by atoms with Gasteiger partial charge in [0.25, 0.3) is 0 Å². The molecule has 0 radical (unpaired) electrons. The summed E-state index contributed by atoms with van der Waals surface area (Å²) in [5.41, 5.74) is 3.84. The van der Waals surface area contributed by atoms with Crippen LogP contribution in [0.5, 0.6) is 11.5 Å². The fourth-order valence-corrected chi connectivity index (χ4v) is 4.42. The summed E-state index contributed by atoms with van der Waals surface area (Å²) in [6.07, 6.45) is 5.49. The number of rotatable bonds is 5. The number of hydrogen-bond acceptors (Lipinski definition) is 4. The van der Waals surface area contributed by atoms with Gasteiger partial charge in [-0.15, -0.1) is 0 Å². The van der Waals surface area contributed by atoms with Crippen LogP contribution in [0.1, 0.15) is 22.6 Å². The number of allylic oxidation sites excluding steroid dienone is 4. The minimum Gasteiger partial charge on any atom is -0.457 e. The Balaban J connectivity index is 0.00000231. The molecule has 0 amide bonds. The molecule has 158 valence electrons. The predicted octanol–water partition coefficient (Wildman–Crippen LogP) is 4.44. The second-order valence-electron chi connectivity index (χ2n) is 7.67. The van der Waals surface area contributed by atoms with Gasteiger partial charge in [0.15, 0.2) is 11.6 Å². The number of ketones is 2. The third-order valence-electron chi connectivity index (χ3n) is 5.83. The summed E-state index contributed by atoms with van der Waals surface area (Å²) in [7, 11) is 0. The van der Waals surface area contributed by atoms with Gasteiger partial charge in [-0.05, 0) is 71.3 Å². The summed E-state index contributed by atoms with van der Waals surface area (Å²) >= 11 is 0. The van der Waals surface area contributed by atoms with Crippen molar-refractivity contribution in [2.75, 3.05) is 6.61 Å². The normalized spacial score (nSPS) is 16.9. The standard InChI is InChI=1S/C26H20O4.Pd/c27-13-12-16-4-8-19(9-5-16)30-25-11-6-17-14-22(20-2-1-3-21(25)26(17)20)23-15-18(28)7-10-24(23)29;/h1-11,15,22,27H,12-14H2;. The molecule has 1 N–H and O–H groups in total. The molecule has 0 spiro atoms. The molecular formula is C26H20O4Pd. The molecule has 31 heavy (non-hydrogen) atoms. The minimum atomic E-state index is -0.138. The third kappa shape index (κ3) is 3.93. The Hall–Kier alpha value is -2.84. The molecule has 2 aliphatic rings. The molecule has 0 saturated carbocycles. The first-order valence-corrected chi connectivity index (χ1v) is 10.0. The Kier molecular flexibility index (Phi) is 6.02. The van der Waals surface area contributed by atoms with Crippen LogP contribution in [0.15, 0.2) is 78.4 Å². The van der Waals surface area contributed by atoms with Crippen molar-refractivity contribution in [2.45, 2.75) is 18.8 Å². The molecule has 1 atom stereocenters. The fourth-order valence-electron chi connectivity index (χ4n) is 4.42. The monoisotopic (exact) mass is 502 g/mol. The summed E-state index contributed by atoms with van der Waals surface area (Å²) in [5.74, 6) is 1.14. The number of benzene rings is 3. The number of aliphatic hydroxyl groups is 1. The van der Waals surface area contributed by atoms with Crippen LogP contribution in [0.25, 0.3) is 10.8 Å². The molecule has 3 aromatic carbocycles. The van der Waals surface area contributed by atoms with E-state index in [1.165, 1.54) is 18.2 Å². The van der Waals surface area contributed by atoms with Gasteiger partial charge in [0.2, 0.25) is 0 Å². The summed E-state index contributed by atoms with van der Waals surface area (Å²) in [6.45, 7) is 0.122. The number of hydrogen-bond donors (Lipinski definition) is 1. The molecule has 0 aliphatic heterocycles. The molecule has 2 aliphatic carbocycles. The Morgan fingerprint density at radius 2 is 1.77 bits per heavy atom. The first-order chi connectivity index (χ1) is 14.6. The Morgan fingerprint density at radius 3 is 2.55 bits per heavy atom. The van der Waals surface area contributed by atoms with E-state index >= 15 is 0 Å². The van der Waals surface area contributed by atoms with Crippen molar-refractivity contribution in [3.8, 4) is 11.5 Å². The van der Waals surface area contributed by atoms with Gasteiger partial charge in [0, 0.05) is 43.9 Å². The Labute approximate surface area is 193 Å². The smallest absolute Gasteiger partial charge is 0.182 e. The average molecular weight is 503 g/mol. The van der Waals surface area contributed by atoms with E-state index in [0.29, 0.717) is 18.4 Å². The van der Waals surface area contributed by atoms with Crippen LogP contribution in [0, 0.1) is 0 Å². The third-order valence-corrected chi connectivity index (χ3v) is 5.83. The molecule has 3 aromatic rings. The largest absolute Gasteiger partial charge is 0.457 e. The number of carbonyl (C=O) groups excluding carboxylic acids is 2.